The highest BCUT2D eigenvalue weighted by atomic mass is 127. The number of hydrogen-bond acceptors (Lipinski definition) is 2. The number of aliphatic hydroxyl groups excluding tert-OH is 1. The second-order valence-corrected chi connectivity index (χ2v) is 4.19. The summed E-state index contributed by atoms with van der Waals surface area (Å²) in [6.07, 6.45) is 0. The molecule has 3 N–H and O–H groups in total. The summed E-state index contributed by atoms with van der Waals surface area (Å²) in [5.41, 5.74) is 5.64. The van der Waals surface area contributed by atoms with Gasteiger partial charge in [-0.05, 0) is 40.3 Å². The van der Waals surface area contributed by atoms with Crippen molar-refractivity contribution < 1.29 is 13.9 Å². The molecule has 0 amide bonds. The maximum Gasteiger partial charge on any atom is 0.289 e. The maximum absolute atomic E-state index is 13.0. The third-order valence-corrected chi connectivity index (χ3v) is 2.61. The normalized spacial score (nSPS) is 13.1. The predicted octanol–water partition coefficient (Wildman–Crippen LogP) is 2.34. The van der Waals surface area contributed by atoms with Gasteiger partial charge in [-0.3, -0.25) is 0 Å². The van der Waals surface area contributed by atoms with Crippen LogP contribution in [0.3, 0.4) is 0 Å². The minimum Gasteiger partial charge on any atom is -0.390 e. The molecule has 0 saturated heterocycles. The molecule has 1 aromatic rings. The summed E-state index contributed by atoms with van der Waals surface area (Å²) >= 11 is 2.07. The Bertz CT molecular complexity index is 307. The van der Waals surface area contributed by atoms with Crippen LogP contribution in [0.15, 0.2) is 24.3 Å². The van der Waals surface area contributed by atoms with Gasteiger partial charge in [0.15, 0.2) is 0 Å². The van der Waals surface area contributed by atoms with Crippen molar-refractivity contribution in [2.45, 2.75) is 12.0 Å². The number of benzene rings is 1. The molecule has 86 valence electrons. The SMILES string of the molecule is Cl.N[C@H](c1ccc(I)cc1)C(F)(F)CO. The lowest BCUT2D eigenvalue weighted by atomic mass is 10.0. The zero-order valence-electron chi connectivity index (χ0n) is 7.66. The lowest BCUT2D eigenvalue weighted by Gasteiger charge is -2.21. The van der Waals surface area contributed by atoms with E-state index in [1.54, 1.807) is 12.1 Å². The molecular weight excluding hydrogens is 338 g/mol. The van der Waals surface area contributed by atoms with Crippen LogP contribution in [0.5, 0.6) is 0 Å². The van der Waals surface area contributed by atoms with E-state index in [1.807, 2.05) is 0 Å². The molecular formula is C9H11ClF2INO. The minimum absolute atomic E-state index is 0. The van der Waals surface area contributed by atoms with Crippen LogP contribution >= 0.6 is 35.0 Å². The average molecular weight is 350 g/mol. The fraction of sp³-hybridized carbons (Fsp3) is 0.333. The van der Waals surface area contributed by atoms with Gasteiger partial charge in [0.2, 0.25) is 0 Å². The highest BCUT2D eigenvalue weighted by Crippen LogP contribution is 2.28. The maximum atomic E-state index is 13.0. The van der Waals surface area contributed by atoms with Crippen molar-refractivity contribution in [3.63, 3.8) is 0 Å². The number of rotatable bonds is 3. The van der Waals surface area contributed by atoms with Gasteiger partial charge in [-0.1, -0.05) is 12.1 Å². The smallest absolute Gasteiger partial charge is 0.289 e. The molecule has 0 aliphatic carbocycles. The monoisotopic (exact) mass is 349 g/mol. The number of aliphatic hydroxyl groups is 1. The second kappa shape index (κ2) is 5.93. The first-order valence-corrected chi connectivity index (χ1v) is 5.05. The summed E-state index contributed by atoms with van der Waals surface area (Å²) in [5.74, 6) is -3.27. The Morgan fingerprint density at radius 3 is 2.20 bits per heavy atom. The van der Waals surface area contributed by atoms with Crippen molar-refractivity contribution in [1.82, 2.24) is 0 Å². The van der Waals surface area contributed by atoms with Gasteiger partial charge in [-0.25, -0.2) is 8.78 Å². The van der Waals surface area contributed by atoms with Gasteiger partial charge < -0.3 is 10.8 Å². The van der Waals surface area contributed by atoms with Gasteiger partial charge in [0, 0.05) is 3.57 Å². The Morgan fingerprint density at radius 1 is 1.33 bits per heavy atom. The van der Waals surface area contributed by atoms with E-state index in [2.05, 4.69) is 22.6 Å². The van der Waals surface area contributed by atoms with E-state index in [0.29, 0.717) is 5.56 Å². The van der Waals surface area contributed by atoms with E-state index in [-0.39, 0.29) is 12.4 Å². The molecule has 0 spiro atoms. The standard InChI is InChI=1S/C9H10F2INO.ClH/c10-9(11,5-14)8(13)6-1-3-7(12)4-2-6;/h1-4,8,14H,5,13H2;1H/t8-;/m1./s1. The van der Waals surface area contributed by atoms with E-state index in [9.17, 15) is 8.78 Å². The van der Waals surface area contributed by atoms with Gasteiger partial charge in [-0.15, -0.1) is 12.4 Å². The second-order valence-electron chi connectivity index (χ2n) is 2.95. The molecule has 1 atom stereocenters. The van der Waals surface area contributed by atoms with Crippen molar-refractivity contribution in [3.8, 4) is 0 Å². The van der Waals surface area contributed by atoms with Crippen molar-refractivity contribution in [2.24, 2.45) is 5.73 Å². The molecule has 0 aromatic heterocycles. The first-order chi connectivity index (χ1) is 6.47. The highest BCUT2D eigenvalue weighted by Gasteiger charge is 2.37. The number of nitrogens with two attached hydrogens (primary N) is 1. The first-order valence-electron chi connectivity index (χ1n) is 3.97. The average Bonchev–Trinajstić information content (AvgIpc) is 2.18. The van der Waals surface area contributed by atoms with Crippen molar-refractivity contribution >= 4 is 35.0 Å². The molecule has 6 heteroatoms. The molecule has 1 aromatic carbocycles. The van der Waals surface area contributed by atoms with Gasteiger partial charge >= 0.3 is 0 Å². The topological polar surface area (TPSA) is 46.2 Å². The van der Waals surface area contributed by atoms with E-state index < -0.39 is 18.6 Å². The zero-order valence-corrected chi connectivity index (χ0v) is 10.6. The highest BCUT2D eigenvalue weighted by molar-refractivity contribution is 14.1. The van der Waals surface area contributed by atoms with Crippen molar-refractivity contribution in [1.29, 1.82) is 0 Å². The Hall–Kier alpha value is 0.0200. The van der Waals surface area contributed by atoms with Gasteiger partial charge in [0.1, 0.15) is 6.61 Å². The molecule has 15 heavy (non-hydrogen) atoms. The van der Waals surface area contributed by atoms with Crippen LogP contribution in [-0.4, -0.2) is 17.6 Å². The molecule has 0 saturated carbocycles. The molecule has 0 heterocycles. The van der Waals surface area contributed by atoms with Crippen molar-refractivity contribution in [2.75, 3.05) is 6.61 Å². The van der Waals surface area contributed by atoms with E-state index >= 15 is 0 Å². The van der Waals surface area contributed by atoms with E-state index in [4.69, 9.17) is 10.8 Å². The Balaban J connectivity index is 0.00000196. The predicted molar refractivity (Wildman–Crippen MR) is 65.4 cm³/mol. The summed E-state index contributed by atoms with van der Waals surface area (Å²) in [6, 6.07) is 5.02. The Kier molecular flexibility index (Phi) is 5.94. The van der Waals surface area contributed by atoms with Crippen LogP contribution < -0.4 is 5.73 Å². The molecule has 0 aliphatic rings. The Morgan fingerprint density at radius 2 is 1.80 bits per heavy atom. The minimum atomic E-state index is -3.27. The number of alkyl halides is 2. The summed E-state index contributed by atoms with van der Waals surface area (Å²) in [6.45, 7) is -1.24. The summed E-state index contributed by atoms with van der Waals surface area (Å²) in [4.78, 5) is 0. The summed E-state index contributed by atoms with van der Waals surface area (Å²) in [5, 5.41) is 8.45. The molecule has 0 fully saturated rings. The molecule has 0 radical (unpaired) electrons. The van der Waals surface area contributed by atoms with Crippen LogP contribution in [0.1, 0.15) is 11.6 Å². The fourth-order valence-corrected chi connectivity index (χ4v) is 1.37. The van der Waals surface area contributed by atoms with Crippen LogP contribution in [0, 0.1) is 3.57 Å². The number of halogens is 4. The van der Waals surface area contributed by atoms with Gasteiger partial charge in [-0.2, -0.15) is 0 Å². The zero-order chi connectivity index (χ0) is 10.8. The molecule has 2 nitrogen and oxygen atoms in total. The lowest BCUT2D eigenvalue weighted by Crippen LogP contribution is -2.36. The van der Waals surface area contributed by atoms with Crippen LogP contribution in [-0.2, 0) is 0 Å². The summed E-state index contributed by atoms with van der Waals surface area (Å²) < 4.78 is 26.9. The van der Waals surface area contributed by atoms with E-state index in [0.717, 1.165) is 3.57 Å². The lowest BCUT2D eigenvalue weighted by molar-refractivity contribution is -0.0711. The van der Waals surface area contributed by atoms with E-state index in [1.165, 1.54) is 12.1 Å². The molecule has 0 bridgehead atoms. The molecule has 0 unspecified atom stereocenters. The summed E-state index contributed by atoms with van der Waals surface area (Å²) in [7, 11) is 0. The third-order valence-electron chi connectivity index (χ3n) is 1.89. The Labute approximate surface area is 106 Å². The fourth-order valence-electron chi connectivity index (χ4n) is 1.01. The van der Waals surface area contributed by atoms with Gasteiger partial charge in [0.25, 0.3) is 5.92 Å². The molecule has 1 rings (SSSR count). The van der Waals surface area contributed by atoms with Crippen LogP contribution in [0.25, 0.3) is 0 Å². The number of hydrogen-bond donors (Lipinski definition) is 2. The quantitative estimate of drug-likeness (QED) is 0.823. The van der Waals surface area contributed by atoms with Crippen LogP contribution in [0.4, 0.5) is 8.78 Å². The first kappa shape index (κ1) is 15.0. The largest absolute Gasteiger partial charge is 0.390 e. The third kappa shape index (κ3) is 3.82. The van der Waals surface area contributed by atoms with Crippen LogP contribution in [0.2, 0.25) is 0 Å². The van der Waals surface area contributed by atoms with Gasteiger partial charge in [0.05, 0.1) is 6.04 Å². The van der Waals surface area contributed by atoms with Crippen molar-refractivity contribution in [3.05, 3.63) is 33.4 Å². The molecule has 0 aliphatic heterocycles.